The first kappa shape index (κ1) is 16.1. The van der Waals surface area contributed by atoms with Crippen molar-refractivity contribution in [2.24, 2.45) is 0 Å². The maximum Gasteiger partial charge on any atom is 0.319 e. The molecule has 2 heterocycles. The number of benzene rings is 1. The SMILES string of the molecule is Cc1ccc(NC(=O)NCc2nccnc2-c2ccsc2)cc1C. The van der Waals surface area contributed by atoms with Crippen molar-refractivity contribution in [2.45, 2.75) is 20.4 Å². The van der Waals surface area contributed by atoms with Crippen molar-refractivity contribution in [3.63, 3.8) is 0 Å². The Balaban J connectivity index is 1.66. The molecule has 0 saturated heterocycles. The lowest BCUT2D eigenvalue weighted by Gasteiger charge is -2.10. The molecule has 0 unspecified atom stereocenters. The van der Waals surface area contributed by atoms with E-state index in [-0.39, 0.29) is 6.03 Å². The fraction of sp³-hybridized carbons (Fsp3) is 0.167. The Labute approximate surface area is 144 Å². The second-order valence-corrected chi connectivity index (χ2v) is 6.25. The van der Waals surface area contributed by atoms with Crippen molar-refractivity contribution in [3.05, 3.63) is 64.2 Å². The number of hydrogen-bond donors (Lipinski definition) is 2. The third-order valence-corrected chi connectivity index (χ3v) is 4.43. The predicted octanol–water partition coefficient (Wildman–Crippen LogP) is 4.14. The molecular weight excluding hydrogens is 320 g/mol. The van der Waals surface area contributed by atoms with Gasteiger partial charge in [0, 0.05) is 29.0 Å². The third kappa shape index (κ3) is 3.78. The molecule has 0 radical (unpaired) electrons. The smallest absolute Gasteiger partial charge is 0.319 e. The van der Waals surface area contributed by atoms with E-state index >= 15 is 0 Å². The molecule has 0 aliphatic carbocycles. The molecule has 0 saturated carbocycles. The van der Waals surface area contributed by atoms with Crippen molar-refractivity contribution >= 4 is 23.1 Å². The minimum atomic E-state index is -0.264. The lowest BCUT2D eigenvalue weighted by Crippen LogP contribution is -2.28. The fourth-order valence-electron chi connectivity index (χ4n) is 2.30. The number of carbonyl (C=O) groups is 1. The van der Waals surface area contributed by atoms with Gasteiger partial charge in [-0.3, -0.25) is 9.97 Å². The quantitative estimate of drug-likeness (QED) is 0.751. The van der Waals surface area contributed by atoms with E-state index < -0.39 is 0 Å². The van der Waals surface area contributed by atoms with Crippen LogP contribution in [0.5, 0.6) is 0 Å². The summed E-state index contributed by atoms with van der Waals surface area (Å²) in [5, 5.41) is 9.68. The molecule has 0 bridgehead atoms. The van der Waals surface area contributed by atoms with Gasteiger partial charge in [0.15, 0.2) is 0 Å². The molecule has 0 aliphatic rings. The minimum absolute atomic E-state index is 0.264. The highest BCUT2D eigenvalue weighted by Gasteiger charge is 2.10. The molecule has 2 N–H and O–H groups in total. The zero-order valence-corrected chi connectivity index (χ0v) is 14.4. The number of amides is 2. The highest BCUT2D eigenvalue weighted by molar-refractivity contribution is 7.08. The number of nitrogens with zero attached hydrogens (tertiary/aromatic N) is 2. The van der Waals surface area contributed by atoms with Gasteiger partial charge in [-0.25, -0.2) is 4.79 Å². The summed E-state index contributed by atoms with van der Waals surface area (Å²) < 4.78 is 0. The van der Waals surface area contributed by atoms with Crippen LogP contribution < -0.4 is 10.6 Å². The molecule has 2 amide bonds. The van der Waals surface area contributed by atoms with Gasteiger partial charge < -0.3 is 10.6 Å². The highest BCUT2D eigenvalue weighted by Crippen LogP contribution is 2.22. The summed E-state index contributed by atoms with van der Waals surface area (Å²) in [6, 6.07) is 7.56. The molecule has 1 aromatic carbocycles. The lowest BCUT2D eigenvalue weighted by molar-refractivity contribution is 0.251. The second-order valence-electron chi connectivity index (χ2n) is 5.47. The largest absolute Gasteiger partial charge is 0.332 e. The van der Waals surface area contributed by atoms with Crippen molar-refractivity contribution in [1.82, 2.24) is 15.3 Å². The Morgan fingerprint density at radius 2 is 1.96 bits per heavy atom. The first-order chi connectivity index (χ1) is 11.6. The molecule has 122 valence electrons. The van der Waals surface area contributed by atoms with Crippen LogP contribution >= 0.6 is 11.3 Å². The number of rotatable bonds is 4. The fourth-order valence-corrected chi connectivity index (χ4v) is 2.94. The van der Waals surface area contributed by atoms with Crippen LogP contribution in [-0.4, -0.2) is 16.0 Å². The van der Waals surface area contributed by atoms with Gasteiger partial charge in [-0.1, -0.05) is 6.07 Å². The molecule has 3 aromatic rings. The number of urea groups is 1. The molecule has 5 nitrogen and oxygen atoms in total. The number of hydrogen-bond acceptors (Lipinski definition) is 4. The van der Waals surface area contributed by atoms with Crippen LogP contribution in [0.1, 0.15) is 16.8 Å². The lowest BCUT2D eigenvalue weighted by atomic mass is 10.1. The Kier molecular flexibility index (Phi) is 4.86. The van der Waals surface area contributed by atoms with E-state index in [2.05, 4.69) is 20.6 Å². The summed E-state index contributed by atoms with van der Waals surface area (Å²) in [4.78, 5) is 20.8. The van der Waals surface area contributed by atoms with E-state index in [4.69, 9.17) is 0 Å². The van der Waals surface area contributed by atoms with Crippen molar-refractivity contribution in [2.75, 3.05) is 5.32 Å². The van der Waals surface area contributed by atoms with Gasteiger partial charge in [0.2, 0.25) is 0 Å². The van der Waals surface area contributed by atoms with Crippen LogP contribution in [-0.2, 0) is 6.54 Å². The average molecular weight is 338 g/mol. The maximum atomic E-state index is 12.1. The average Bonchev–Trinajstić information content (AvgIpc) is 3.11. The standard InChI is InChI=1S/C18H18N4OS/c1-12-3-4-15(9-13(12)2)22-18(23)21-10-16-17(20-7-6-19-16)14-5-8-24-11-14/h3-9,11H,10H2,1-2H3,(H2,21,22,23). The first-order valence-corrected chi connectivity index (χ1v) is 8.52. The van der Waals surface area contributed by atoms with Gasteiger partial charge in [0.1, 0.15) is 0 Å². The maximum absolute atomic E-state index is 12.1. The van der Waals surface area contributed by atoms with E-state index in [9.17, 15) is 4.79 Å². The van der Waals surface area contributed by atoms with Crippen LogP contribution in [0.15, 0.2) is 47.4 Å². The number of nitrogens with one attached hydrogen (secondary N) is 2. The Hall–Kier alpha value is -2.73. The zero-order valence-electron chi connectivity index (χ0n) is 13.5. The second kappa shape index (κ2) is 7.23. The van der Waals surface area contributed by atoms with Gasteiger partial charge in [-0.05, 0) is 48.6 Å². The van der Waals surface area contributed by atoms with E-state index in [1.807, 2.05) is 48.9 Å². The highest BCUT2D eigenvalue weighted by atomic mass is 32.1. The molecular formula is C18H18N4OS. The van der Waals surface area contributed by atoms with E-state index in [1.165, 1.54) is 5.56 Å². The molecule has 0 aliphatic heterocycles. The Morgan fingerprint density at radius 3 is 2.71 bits per heavy atom. The Bertz CT molecular complexity index is 846. The summed E-state index contributed by atoms with van der Waals surface area (Å²) in [7, 11) is 0. The topological polar surface area (TPSA) is 66.9 Å². The Morgan fingerprint density at radius 1 is 1.12 bits per heavy atom. The molecule has 0 spiro atoms. The number of aromatic nitrogens is 2. The molecule has 0 atom stereocenters. The first-order valence-electron chi connectivity index (χ1n) is 7.58. The number of carbonyl (C=O) groups excluding carboxylic acids is 1. The summed E-state index contributed by atoms with van der Waals surface area (Å²) in [5.74, 6) is 0. The summed E-state index contributed by atoms with van der Waals surface area (Å²) in [6.07, 6.45) is 3.29. The van der Waals surface area contributed by atoms with E-state index in [1.54, 1.807) is 23.7 Å². The summed E-state index contributed by atoms with van der Waals surface area (Å²) >= 11 is 1.60. The van der Waals surface area contributed by atoms with E-state index in [0.29, 0.717) is 6.54 Å². The van der Waals surface area contributed by atoms with Crippen molar-refractivity contribution in [1.29, 1.82) is 0 Å². The summed E-state index contributed by atoms with van der Waals surface area (Å²) in [5.41, 5.74) is 5.66. The predicted molar refractivity (Wildman–Crippen MR) is 97.1 cm³/mol. The van der Waals surface area contributed by atoms with Crippen LogP contribution in [0.3, 0.4) is 0 Å². The molecule has 24 heavy (non-hydrogen) atoms. The number of aryl methyl sites for hydroxylation is 2. The molecule has 2 aromatic heterocycles. The normalized spacial score (nSPS) is 10.4. The van der Waals surface area contributed by atoms with E-state index in [0.717, 1.165) is 28.2 Å². The van der Waals surface area contributed by atoms with Crippen LogP contribution in [0, 0.1) is 13.8 Å². The third-order valence-electron chi connectivity index (χ3n) is 3.75. The monoisotopic (exact) mass is 338 g/mol. The van der Waals surface area contributed by atoms with Gasteiger partial charge in [-0.2, -0.15) is 11.3 Å². The zero-order chi connectivity index (χ0) is 16.9. The van der Waals surface area contributed by atoms with Gasteiger partial charge in [0.05, 0.1) is 17.9 Å². The molecule has 3 rings (SSSR count). The van der Waals surface area contributed by atoms with Crippen LogP contribution in [0.25, 0.3) is 11.3 Å². The van der Waals surface area contributed by atoms with Crippen molar-refractivity contribution in [3.8, 4) is 11.3 Å². The molecule has 6 heteroatoms. The van der Waals surface area contributed by atoms with Gasteiger partial charge in [0.25, 0.3) is 0 Å². The van der Waals surface area contributed by atoms with Gasteiger partial charge >= 0.3 is 6.03 Å². The van der Waals surface area contributed by atoms with Gasteiger partial charge in [-0.15, -0.1) is 0 Å². The number of thiophene rings is 1. The van der Waals surface area contributed by atoms with Crippen LogP contribution in [0.4, 0.5) is 10.5 Å². The summed E-state index contributed by atoms with van der Waals surface area (Å²) in [6.45, 7) is 4.38. The molecule has 0 fully saturated rings. The number of anilines is 1. The minimum Gasteiger partial charge on any atom is -0.332 e. The van der Waals surface area contributed by atoms with Crippen LogP contribution in [0.2, 0.25) is 0 Å². The van der Waals surface area contributed by atoms with Crippen molar-refractivity contribution < 1.29 is 4.79 Å².